The quantitative estimate of drug-likeness (QED) is 0.854. The summed E-state index contributed by atoms with van der Waals surface area (Å²) < 4.78 is 11.6. The zero-order valence-electron chi connectivity index (χ0n) is 10.1. The Morgan fingerprint density at radius 3 is 2.88 bits per heavy atom. The Labute approximate surface area is 101 Å². The van der Waals surface area contributed by atoms with Crippen LogP contribution in [0, 0.1) is 0 Å². The van der Waals surface area contributed by atoms with E-state index in [1.807, 2.05) is 31.2 Å². The molecule has 2 aliphatic rings. The lowest BCUT2D eigenvalue weighted by Crippen LogP contribution is -2.55. The number of hydrogen-bond acceptors (Lipinski definition) is 3. The van der Waals surface area contributed by atoms with Gasteiger partial charge in [0, 0.05) is 31.4 Å². The van der Waals surface area contributed by atoms with Gasteiger partial charge in [-0.3, -0.25) is 0 Å². The Balaban J connectivity index is 1.77. The number of para-hydroxylation sites is 1. The van der Waals surface area contributed by atoms with Gasteiger partial charge in [0.1, 0.15) is 11.4 Å². The Morgan fingerprint density at radius 1 is 1.35 bits per heavy atom. The first-order chi connectivity index (χ1) is 8.22. The van der Waals surface area contributed by atoms with Crippen molar-refractivity contribution in [3.8, 4) is 5.75 Å². The van der Waals surface area contributed by atoms with Crippen LogP contribution in [0.15, 0.2) is 24.3 Å². The van der Waals surface area contributed by atoms with Crippen molar-refractivity contribution >= 4 is 0 Å². The lowest BCUT2D eigenvalue weighted by Gasteiger charge is -2.50. The zero-order chi connectivity index (χ0) is 11.9. The third kappa shape index (κ3) is 1.83. The lowest BCUT2D eigenvalue weighted by atomic mass is 9.71. The predicted octanol–water partition coefficient (Wildman–Crippen LogP) is 2.44. The average molecular weight is 234 g/mol. The second-order valence-corrected chi connectivity index (χ2v) is 5.03. The molecule has 1 N–H and O–H groups in total. The highest BCUT2D eigenvalue weighted by Crippen LogP contribution is 2.49. The number of ether oxygens (including phenoxy) is 2. The average Bonchev–Trinajstić information content (AvgIpc) is 2.27. The molecule has 0 saturated heterocycles. The molecule has 1 atom stereocenters. The van der Waals surface area contributed by atoms with E-state index in [-0.39, 0.29) is 5.60 Å². The topological polar surface area (TPSA) is 38.7 Å². The maximum absolute atomic E-state index is 10.2. The van der Waals surface area contributed by atoms with Crippen molar-refractivity contribution in [3.05, 3.63) is 29.8 Å². The summed E-state index contributed by atoms with van der Waals surface area (Å²) in [6, 6.07) is 7.76. The fourth-order valence-corrected chi connectivity index (χ4v) is 2.96. The van der Waals surface area contributed by atoms with Crippen LogP contribution in [0.1, 0.15) is 37.9 Å². The number of aliphatic hydroxyl groups is 1. The summed E-state index contributed by atoms with van der Waals surface area (Å²) in [5.41, 5.74) is 0.728. The van der Waals surface area contributed by atoms with E-state index >= 15 is 0 Å². The van der Waals surface area contributed by atoms with Crippen molar-refractivity contribution in [1.29, 1.82) is 0 Å². The number of benzene rings is 1. The van der Waals surface area contributed by atoms with Crippen molar-refractivity contribution in [3.63, 3.8) is 0 Å². The van der Waals surface area contributed by atoms with Crippen LogP contribution in [0.4, 0.5) is 0 Å². The minimum Gasteiger partial charge on any atom is -0.487 e. The van der Waals surface area contributed by atoms with E-state index in [0.717, 1.165) is 30.8 Å². The fraction of sp³-hybridized carbons (Fsp3) is 0.571. The smallest absolute Gasteiger partial charge is 0.125 e. The van der Waals surface area contributed by atoms with Crippen molar-refractivity contribution < 1.29 is 14.6 Å². The number of rotatable bonds is 2. The highest BCUT2D eigenvalue weighted by atomic mass is 16.5. The van der Waals surface area contributed by atoms with Crippen molar-refractivity contribution in [2.24, 2.45) is 0 Å². The van der Waals surface area contributed by atoms with Crippen LogP contribution in [0.5, 0.6) is 5.75 Å². The molecule has 3 heteroatoms. The Bertz CT molecular complexity index is 410. The monoisotopic (exact) mass is 234 g/mol. The Morgan fingerprint density at radius 2 is 2.12 bits per heavy atom. The standard InChI is InChI=1S/C14H18O3/c1-2-16-10-7-14(8-10)9-12(15)11-5-3-4-6-13(11)17-14/h3-6,10,12,15H,2,7-9H2,1H3/t10?,12-,14?/m1/s1. The summed E-state index contributed by atoms with van der Waals surface area (Å²) in [6.07, 6.45) is 2.38. The highest BCUT2D eigenvalue weighted by Gasteiger charge is 2.50. The molecule has 92 valence electrons. The molecule has 1 fully saturated rings. The first-order valence-electron chi connectivity index (χ1n) is 6.30. The van der Waals surface area contributed by atoms with E-state index in [4.69, 9.17) is 9.47 Å². The van der Waals surface area contributed by atoms with Gasteiger partial charge in [0.15, 0.2) is 0 Å². The number of hydrogen-bond donors (Lipinski definition) is 1. The summed E-state index contributed by atoms with van der Waals surface area (Å²) in [6.45, 7) is 2.76. The fourth-order valence-electron chi connectivity index (χ4n) is 2.96. The molecule has 0 aromatic heterocycles. The minimum absolute atomic E-state index is 0.187. The predicted molar refractivity (Wildman–Crippen MR) is 64.0 cm³/mol. The van der Waals surface area contributed by atoms with Gasteiger partial charge in [0.05, 0.1) is 12.2 Å². The van der Waals surface area contributed by atoms with Crippen molar-refractivity contribution in [2.45, 2.75) is 44.0 Å². The van der Waals surface area contributed by atoms with Crippen molar-refractivity contribution in [1.82, 2.24) is 0 Å². The molecule has 1 saturated carbocycles. The second kappa shape index (κ2) is 4.00. The molecule has 3 nitrogen and oxygen atoms in total. The summed E-state index contributed by atoms with van der Waals surface area (Å²) in [4.78, 5) is 0. The molecule has 1 heterocycles. The van der Waals surface area contributed by atoms with Crippen LogP contribution in [-0.2, 0) is 4.74 Å². The minimum atomic E-state index is -0.400. The lowest BCUT2D eigenvalue weighted by molar-refractivity contribution is -0.147. The zero-order valence-corrected chi connectivity index (χ0v) is 10.1. The van der Waals surface area contributed by atoms with Crippen molar-refractivity contribution in [2.75, 3.05) is 6.61 Å². The maximum Gasteiger partial charge on any atom is 0.125 e. The van der Waals surface area contributed by atoms with Gasteiger partial charge in [-0.2, -0.15) is 0 Å². The number of fused-ring (bicyclic) bond motifs is 1. The summed E-state index contributed by atoms with van der Waals surface area (Å²) >= 11 is 0. The highest BCUT2D eigenvalue weighted by molar-refractivity contribution is 5.38. The molecule has 1 spiro atoms. The molecule has 0 bridgehead atoms. The van der Waals surface area contributed by atoms with Crippen LogP contribution in [0.3, 0.4) is 0 Å². The van der Waals surface area contributed by atoms with Crippen LogP contribution in [-0.4, -0.2) is 23.4 Å². The van der Waals surface area contributed by atoms with Crippen LogP contribution in [0.25, 0.3) is 0 Å². The van der Waals surface area contributed by atoms with Crippen LogP contribution < -0.4 is 4.74 Å². The third-order valence-electron chi connectivity index (χ3n) is 3.77. The molecule has 0 amide bonds. The summed E-state index contributed by atoms with van der Waals surface area (Å²) in [5.74, 6) is 0.834. The SMILES string of the molecule is CCOC1CC2(C1)C[C@@H](O)c1ccccc1O2. The molecular weight excluding hydrogens is 216 g/mol. The molecule has 1 aliphatic heterocycles. The van der Waals surface area contributed by atoms with Crippen LogP contribution in [0.2, 0.25) is 0 Å². The van der Waals surface area contributed by atoms with E-state index in [0.29, 0.717) is 12.5 Å². The molecule has 1 aromatic rings. The van der Waals surface area contributed by atoms with Gasteiger partial charge in [0.25, 0.3) is 0 Å². The molecule has 1 aromatic carbocycles. The molecule has 1 aliphatic carbocycles. The third-order valence-corrected chi connectivity index (χ3v) is 3.77. The van der Waals surface area contributed by atoms with E-state index < -0.39 is 6.10 Å². The molecule has 0 unspecified atom stereocenters. The first-order valence-corrected chi connectivity index (χ1v) is 6.30. The molecular formula is C14H18O3. The molecule has 3 rings (SSSR count). The second-order valence-electron chi connectivity index (χ2n) is 5.03. The molecule has 17 heavy (non-hydrogen) atoms. The van der Waals surface area contributed by atoms with Gasteiger partial charge in [-0.25, -0.2) is 0 Å². The Kier molecular flexibility index (Phi) is 2.60. The summed E-state index contributed by atoms with van der Waals surface area (Å²) in [7, 11) is 0. The Hall–Kier alpha value is -1.06. The van der Waals surface area contributed by atoms with E-state index in [1.165, 1.54) is 0 Å². The normalized spacial score (nSPS) is 34.9. The maximum atomic E-state index is 10.2. The van der Waals surface area contributed by atoms with Gasteiger partial charge in [-0.15, -0.1) is 0 Å². The van der Waals surface area contributed by atoms with E-state index in [9.17, 15) is 5.11 Å². The van der Waals surface area contributed by atoms with Gasteiger partial charge >= 0.3 is 0 Å². The van der Waals surface area contributed by atoms with Gasteiger partial charge in [-0.1, -0.05) is 18.2 Å². The van der Waals surface area contributed by atoms with E-state index in [1.54, 1.807) is 0 Å². The molecule has 0 radical (unpaired) electrons. The van der Waals surface area contributed by atoms with Crippen LogP contribution >= 0.6 is 0 Å². The van der Waals surface area contributed by atoms with Gasteiger partial charge < -0.3 is 14.6 Å². The van der Waals surface area contributed by atoms with E-state index in [2.05, 4.69) is 0 Å². The van der Waals surface area contributed by atoms with Gasteiger partial charge in [-0.05, 0) is 13.0 Å². The number of aliphatic hydroxyl groups excluding tert-OH is 1. The largest absolute Gasteiger partial charge is 0.487 e. The first kappa shape index (κ1) is 11.1. The van der Waals surface area contributed by atoms with Gasteiger partial charge in [0.2, 0.25) is 0 Å². The summed E-state index contributed by atoms with van der Waals surface area (Å²) in [5, 5.41) is 10.2.